The van der Waals surface area contributed by atoms with Crippen LogP contribution in [0.1, 0.15) is 61.1 Å². The highest BCUT2D eigenvalue weighted by Gasteiger charge is 2.34. The van der Waals surface area contributed by atoms with Crippen LogP contribution in [-0.2, 0) is 10.2 Å². The zero-order valence-electron chi connectivity index (χ0n) is 17.4. The predicted molar refractivity (Wildman–Crippen MR) is 117 cm³/mol. The monoisotopic (exact) mass is 407 g/mol. The van der Waals surface area contributed by atoms with Crippen molar-refractivity contribution < 1.29 is 9.53 Å². The van der Waals surface area contributed by atoms with E-state index in [1.165, 1.54) is 31.2 Å². The number of hydrogen-bond donors (Lipinski definition) is 3. The molecule has 0 radical (unpaired) electrons. The van der Waals surface area contributed by atoms with Gasteiger partial charge in [-0.1, -0.05) is 31.9 Å². The lowest BCUT2D eigenvalue weighted by Gasteiger charge is -2.28. The molecule has 1 saturated carbocycles. The Morgan fingerprint density at radius 3 is 2.90 bits per heavy atom. The van der Waals surface area contributed by atoms with Crippen LogP contribution in [0.4, 0.5) is 5.69 Å². The van der Waals surface area contributed by atoms with Gasteiger partial charge in [0.05, 0.1) is 37.2 Å². The van der Waals surface area contributed by atoms with Crippen LogP contribution in [0.5, 0.6) is 0 Å². The molecule has 7 nitrogen and oxygen atoms in total. The number of carbonyl (C=O) groups excluding carboxylic acids is 1. The molecule has 0 bridgehead atoms. The van der Waals surface area contributed by atoms with Gasteiger partial charge in [0.2, 0.25) is 0 Å². The van der Waals surface area contributed by atoms with E-state index >= 15 is 0 Å². The SMILES string of the molecule is CCC1(c2ccc3cc(C(=O)Nc4cnn([C@H]5COC[C@H]5N)c4)[nH]c3c2)CCCC1. The molecule has 1 amide bonds. The van der Waals surface area contributed by atoms with Crippen molar-refractivity contribution in [3.8, 4) is 0 Å². The van der Waals surface area contributed by atoms with E-state index in [1.807, 2.05) is 12.3 Å². The van der Waals surface area contributed by atoms with Gasteiger partial charge >= 0.3 is 0 Å². The highest BCUT2D eigenvalue weighted by atomic mass is 16.5. The van der Waals surface area contributed by atoms with Gasteiger partial charge in [0.15, 0.2) is 0 Å². The predicted octanol–water partition coefficient (Wildman–Crippen LogP) is 3.74. The second-order valence-electron chi connectivity index (χ2n) is 8.76. The minimum absolute atomic E-state index is 0.00335. The Balaban J connectivity index is 1.35. The Hall–Kier alpha value is -2.64. The van der Waals surface area contributed by atoms with Crippen LogP contribution in [0, 0.1) is 0 Å². The Bertz CT molecular complexity index is 1060. The van der Waals surface area contributed by atoms with Crippen LogP contribution in [0.25, 0.3) is 10.9 Å². The van der Waals surface area contributed by atoms with Crippen LogP contribution < -0.4 is 11.1 Å². The molecular formula is C23H29N5O2. The number of nitrogens with one attached hydrogen (secondary N) is 2. The Morgan fingerprint density at radius 2 is 2.17 bits per heavy atom. The van der Waals surface area contributed by atoms with Crippen molar-refractivity contribution >= 4 is 22.5 Å². The van der Waals surface area contributed by atoms with Gasteiger partial charge in [-0.25, -0.2) is 0 Å². The van der Waals surface area contributed by atoms with Crippen molar-refractivity contribution in [1.82, 2.24) is 14.8 Å². The van der Waals surface area contributed by atoms with E-state index in [9.17, 15) is 4.79 Å². The minimum atomic E-state index is -0.176. The van der Waals surface area contributed by atoms with E-state index < -0.39 is 0 Å². The lowest BCUT2D eigenvalue weighted by molar-refractivity contribution is 0.102. The molecule has 4 N–H and O–H groups in total. The summed E-state index contributed by atoms with van der Waals surface area (Å²) in [5, 5.41) is 8.33. The van der Waals surface area contributed by atoms with Gasteiger partial charge in [0, 0.05) is 17.1 Å². The lowest BCUT2D eigenvalue weighted by atomic mass is 9.76. The van der Waals surface area contributed by atoms with E-state index in [0.29, 0.717) is 30.0 Å². The van der Waals surface area contributed by atoms with Gasteiger partial charge in [-0.05, 0) is 42.4 Å². The van der Waals surface area contributed by atoms with Gasteiger partial charge in [-0.3, -0.25) is 9.48 Å². The molecule has 3 aromatic rings. The second-order valence-corrected chi connectivity index (χ2v) is 8.76. The van der Waals surface area contributed by atoms with E-state index in [4.69, 9.17) is 10.5 Å². The van der Waals surface area contributed by atoms with Crippen molar-refractivity contribution in [2.45, 2.75) is 56.5 Å². The first-order valence-corrected chi connectivity index (χ1v) is 10.9. The summed E-state index contributed by atoms with van der Waals surface area (Å²) < 4.78 is 7.17. The first kappa shape index (κ1) is 19.3. The van der Waals surface area contributed by atoms with E-state index in [1.54, 1.807) is 10.9 Å². The van der Waals surface area contributed by atoms with E-state index in [0.717, 1.165) is 17.3 Å². The number of amides is 1. The van der Waals surface area contributed by atoms with Gasteiger partial charge < -0.3 is 20.8 Å². The number of benzene rings is 1. The number of anilines is 1. The maximum atomic E-state index is 12.8. The summed E-state index contributed by atoms with van der Waals surface area (Å²) >= 11 is 0. The van der Waals surface area contributed by atoms with Crippen LogP contribution in [0.2, 0.25) is 0 Å². The summed E-state index contributed by atoms with van der Waals surface area (Å²) in [4.78, 5) is 16.1. The van der Waals surface area contributed by atoms with Crippen molar-refractivity contribution in [2.75, 3.05) is 18.5 Å². The number of hydrogen-bond acceptors (Lipinski definition) is 4. The first-order valence-electron chi connectivity index (χ1n) is 10.9. The summed E-state index contributed by atoms with van der Waals surface area (Å²) in [5.74, 6) is -0.176. The molecule has 2 aromatic heterocycles. The van der Waals surface area contributed by atoms with E-state index in [2.05, 4.69) is 40.5 Å². The van der Waals surface area contributed by atoms with Gasteiger partial charge in [-0.2, -0.15) is 5.10 Å². The summed E-state index contributed by atoms with van der Waals surface area (Å²) in [6.07, 6.45) is 9.72. The number of aromatic amines is 1. The Labute approximate surface area is 176 Å². The average Bonchev–Trinajstić information content (AvgIpc) is 3.53. The molecular weight excluding hydrogens is 378 g/mol. The molecule has 3 heterocycles. The number of nitrogens with two attached hydrogens (primary N) is 1. The number of carbonyl (C=O) groups is 1. The Kier molecular flexibility index (Phi) is 4.87. The maximum absolute atomic E-state index is 12.8. The fourth-order valence-electron chi connectivity index (χ4n) is 5.09. The highest BCUT2D eigenvalue weighted by Crippen LogP contribution is 2.44. The topological polar surface area (TPSA) is 98.0 Å². The molecule has 2 atom stereocenters. The van der Waals surface area contributed by atoms with Gasteiger partial charge in [-0.15, -0.1) is 0 Å². The molecule has 0 unspecified atom stereocenters. The number of ether oxygens (including phenoxy) is 1. The standard InChI is InChI=1S/C23H29N5O2/c1-2-23(7-3-4-8-23)16-6-5-15-9-20(27-19(15)10-16)22(29)26-17-11-25-28(12-17)21-14-30-13-18(21)24/h5-6,9-12,18,21,27H,2-4,7-8,13-14,24H2,1H3,(H,26,29)/t18-,21+/m1/s1. The van der Waals surface area contributed by atoms with Crippen molar-refractivity contribution in [3.63, 3.8) is 0 Å². The lowest BCUT2D eigenvalue weighted by Crippen LogP contribution is -2.31. The van der Waals surface area contributed by atoms with Gasteiger partial charge in [0.1, 0.15) is 5.69 Å². The molecule has 1 saturated heterocycles. The largest absolute Gasteiger partial charge is 0.377 e. The van der Waals surface area contributed by atoms with Crippen molar-refractivity contribution in [2.24, 2.45) is 5.73 Å². The number of aromatic nitrogens is 3. The average molecular weight is 408 g/mol. The molecule has 7 heteroatoms. The van der Waals surface area contributed by atoms with Crippen LogP contribution >= 0.6 is 0 Å². The fraction of sp³-hybridized carbons (Fsp3) is 0.478. The molecule has 5 rings (SSSR count). The third-order valence-corrected chi connectivity index (χ3v) is 7.01. The molecule has 2 fully saturated rings. The maximum Gasteiger partial charge on any atom is 0.272 e. The zero-order chi connectivity index (χ0) is 20.7. The quantitative estimate of drug-likeness (QED) is 0.600. The Morgan fingerprint density at radius 1 is 1.33 bits per heavy atom. The minimum Gasteiger partial charge on any atom is -0.377 e. The molecule has 1 aromatic carbocycles. The molecule has 0 spiro atoms. The third kappa shape index (κ3) is 3.32. The summed E-state index contributed by atoms with van der Waals surface area (Å²) in [6.45, 7) is 3.36. The van der Waals surface area contributed by atoms with Crippen LogP contribution in [0.15, 0.2) is 36.7 Å². The van der Waals surface area contributed by atoms with Gasteiger partial charge in [0.25, 0.3) is 5.91 Å². The second kappa shape index (κ2) is 7.56. The summed E-state index contributed by atoms with van der Waals surface area (Å²) in [6, 6.07) is 8.44. The molecule has 1 aliphatic heterocycles. The first-order chi connectivity index (χ1) is 14.6. The molecule has 30 heavy (non-hydrogen) atoms. The zero-order valence-corrected chi connectivity index (χ0v) is 17.4. The number of fused-ring (bicyclic) bond motifs is 1. The summed E-state index contributed by atoms with van der Waals surface area (Å²) in [7, 11) is 0. The van der Waals surface area contributed by atoms with E-state index in [-0.39, 0.29) is 18.0 Å². The van der Waals surface area contributed by atoms with Crippen LogP contribution in [-0.4, -0.2) is 39.9 Å². The molecule has 2 aliphatic rings. The molecule has 158 valence electrons. The number of rotatable bonds is 5. The van der Waals surface area contributed by atoms with Crippen molar-refractivity contribution in [3.05, 3.63) is 47.9 Å². The van der Waals surface area contributed by atoms with Crippen molar-refractivity contribution in [1.29, 1.82) is 0 Å². The normalized spacial score (nSPS) is 23.3. The van der Waals surface area contributed by atoms with Crippen LogP contribution in [0.3, 0.4) is 0 Å². The number of nitrogens with zero attached hydrogens (tertiary/aromatic N) is 2. The summed E-state index contributed by atoms with van der Waals surface area (Å²) in [5.41, 5.74) is 9.95. The fourth-order valence-corrected chi connectivity index (χ4v) is 5.09. The number of H-pyrrole nitrogens is 1. The highest BCUT2D eigenvalue weighted by molar-refractivity contribution is 6.05. The molecule has 1 aliphatic carbocycles. The smallest absolute Gasteiger partial charge is 0.272 e. The third-order valence-electron chi connectivity index (χ3n) is 7.01.